The molecule has 1 amide bonds. The number of hydrogen-bond donors (Lipinski definition) is 2. The lowest BCUT2D eigenvalue weighted by molar-refractivity contribution is -0.132. The summed E-state index contributed by atoms with van der Waals surface area (Å²) in [5.41, 5.74) is 7.49. The molecule has 0 spiro atoms. The average Bonchev–Trinajstić information content (AvgIpc) is 3.37. The molecule has 3 N–H and O–H groups in total. The Morgan fingerprint density at radius 1 is 1.24 bits per heavy atom. The van der Waals surface area contributed by atoms with Gasteiger partial charge in [0.25, 0.3) is 0 Å². The summed E-state index contributed by atoms with van der Waals surface area (Å²) < 4.78 is 22.0. The number of nitrogens with two attached hydrogens (primary N) is 1. The Morgan fingerprint density at radius 2 is 1.95 bits per heavy atom. The van der Waals surface area contributed by atoms with Gasteiger partial charge in [0.15, 0.2) is 11.6 Å². The molecule has 3 heterocycles. The molecule has 37 heavy (non-hydrogen) atoms. The first-order valence-corrected chi connectivity index (χ1v) is 12.9. The summed E-state index contributed by atoms with van der Waals surface area (Å²) in [4.78, 5) is 18.8. The number of benzene rings is 1. The quantitative estimate of drug-likeness (QED) is 0.390. The number of pyridine rings is 1. The van der Waals surface area contributed by atoms with Crippen LogP contribution >= 0.6 is 23.2 Å². The van der Waals surface area contributed by atoms with E-state index in [-0.39, 0.29) is 22.8 Å². The second-order valence-electron chi connectivity index (χ2n) is 9.69. The number of nitrogen functional groups attached to an aromatic ring is 1. The van der Waals surface area contributed by atoms with E-state index in [0.29, 0.717) is 16.3 Å². The van der Waals surface area contributed by atoms with Crippen LogP contribution in [0.5, 0.6) is 5.75 Å². The first-order valence-electron chi connectivity index (χ1n) is 12.1. The summed E-state index contributed by atoms with van der Waals surface area (Å²) in [6.45, 7) is 7.20. The molecular weight excluding hydrogens is 518 g/mol. The molecule has 198 valence electrons. The van der Waals surface area contributed by atoms with Crippen LogP contribution < -0.4 is 15.8 Å². The minimum absolute atomic E-state index is 0.0115. The van der Waals surface area contributed by atoms with Crippen molar-refractivity contribution in [3.8, 4) is 16.9 Å². The molecule has 0 radical (unpaired) electrons. The second-order valence-corrected chi connectivity index (χ2v) is 10.5. The Balaban J connectivity index is 1.48. The highest BCUT2D eigenvalue weighted by atomic mass is 35.5. The topological polar surface area (TPSA) is 98.3 Å². The van der Waals surface area contributed by atoms with Crippen molar-refractivity contribution in [3.05, 3.63) is 58.2 Å². The van der Waals surface area contributed by atoms with Gasteiger partial charge in [-0.05, 0) is 51.8 Å². The molecule has 0 saturated carbocycles. The number of aromatic nitrogens is 3. The van der Waals surface area contributed by atoms with Crippen LogP contribution in [0.3, 0.4) is 0 Å². The van der Waals surface area contributed by atoms with E-state index in [1.807, 2.05) is 24.7 Å². The molecule has 1 unspecified atom stereocenters. The number of nitrogens with one attached hydrogen (secondary N) is 1. The van der Waals surface area contributed by atoms with Crippen molar-refractivity contribution in [1.82, 2.24) is 25.0 Å². The fourth-order valence-electron chi connectivity index (χ4n) is 4.70. The first kappa shape index (κ1) is 27.2. The van der Waals surface area contributed by atoms with E-state index >= 15 is 0 Å². The van der Waals surface area contributed by atoms with Gasteiger partial charge in [-0.1, -0.05) is 23.2 Å². The van der Waals surface area contributed by atoms with E-state index in [1.165, 1.54) is 12.1 Å². The normalized spacial score (nSPS) is 16.0. The van der Waals surface area contributed by atoms with Crippen LogP contribution in [-0.4, -0.2) is 51.2 Å². The van der Waals surface area contributed by atoms with Gasteiger partial charge >= 0.3 is 0 Å². The Kier molecular flexibility index (Phi) is 7.96. The van der Waals surface area contributed by atoms with Crippen LogP contribution in [0.1, 0.15) is 51.3 Å². The van der Waals surface area contributed by atoms with Crippen LogP contribution in [0, 0.1) is 5.82 Å². The number of carbonyl (C=O) groups is 1. The largest absolute Gasteiger partial charge is 0.482 e. The number of halogens is 3. The molecule has 1 saturated heterocycles. The number of hydrogen-bond acceptors (Lipinski definition) is 6. The van der Waals surface area contributed by atoms with Gasteiger partial charge in [-0.25, -0.2) is 9.37 Å². The third kappa shape index (κ3) is 5.54. The van der Waals surface area contributed by atoms with Crippen molar-refractivity contribution in [3.63, 3.8) is 0 Å². The summed E-state index contributed by atoms with van der Waals surface area (Å²) in [6.07, 6.45) is 6.50. The number of rotatable bonds is 7. The van der Waals surface area contributed by atoms with Gasteiger partial charge in [-0.15, -0.1) is 0 Å². The summed E-state index contributed by atoms with van der Waals surface area (Å²) in [6, 6.07) is 4.64. The lowest BCUT2D eigenvalue weighted by Crippen LogP contribution is -2.56. The molecule has 1 aliphatic rings. The molecule has 1 aliphatic heterocycles. The number of ether oxygens (including phenoxy) is 1. The molecule has 1 fully saturated rings. The van der Waals surface area contributed by atoms with Crippen molar-refractivity contribution in [2.45, 2.75) is 51.3 Å². The number of likely N-dealkylation sites (N-methyl/N-ethyl adjacent to an activating group) is 1. The highest BCUT2D eigenvalue weighted by Gasteiger charge is 2.36. The standard InChI is InChI=1S/C26H31Cl2FN6O2/c1-15(22-19(27)5-6-20(29)23(22)28)37-21-11-16(12-32-24(21)30)17-13-33-35(14-17)18-7-9-34(10-8-18)26(2,3)25(36)31-4/h5-6,11-15,18H,7-10H2,1-4H3,(H2,30,32)(H,31,36). The fraction of sp³-hybridized carbons (Fsp3) is 0.423. The van der Waals surface area contributed by atoms with E-state index in [1.54, 1.807) is 32.4 Å². The van der Waals surface area contributed by atoms with E-state index in [4.69, 9.17) is 33.7 Å². The van der Waals surface area contributed by atoms with Crippen LogP contribution in [0.2, 0.25) is 10.0 Å². The van der Waals surface area contributed by atoms with Gasteiger partial charge in [0.2, 0.25) is 5.91 Å². The van der Waals surface area contributed by atoms with Crippen LogP contribution in [0.25, 0.3) is 11.1 Å². The molecular formula is C26H31Cl2FN6O2. The number of amides is 1. The zero-order chi connectivity index (χ0) is 26.9. The molecule has 2 aromatic heterocycles. The van der Waals surface area contributed by atoms with E-state index in [2.05, 4.69) is 20.3 Å². The summed E-state index contributed by atoms with van der Waals surface area (Å²) in [5, 5.41) is 7.55. The highest BCUT2D eigenvalue weighted by molar-refractivity contribution is 6.36. The lowest BCUT2D eigenvalue weighted by Gasteiger charge is -2.41. The fourth-order valence-corrected chi connectivity index (χ4v) is 5.38. The number of nitrogens with zero attached hydrogens (tertiary/aromatic N) is 4. The third-order valence-electron chi connectivity index (χ3n) is 7.02. The number of anilines is 1. The maximum atomic E-state index is 14.0. The Hall–Kier alpha value is -2.88. The SMILES string of the molecule is CNC(=O)C(C)(C)N1CCC(n2cc(-c3cnc(N)c(OC(C)c4c(Cl)ccc(F)c4Cl)c3)cn2)CC1. The van der Waals surface area contributed by atoms with Gasteiger partial charge in [0, 0.05) is 54.2 Å². The van der Waals surface area contributed by atoms with E-state index in [0.717, 1.165) is 37.1 Å². The van der Waals surface area contributed by atoms with Crippen molar-refractivity contribution in [2.75, 3.05) is 25.9 Å². The summed E-state index contributed by atoms with van der Waals surface area (Å²) in [5.74, 6) is -0.0408. The molecule has 4 rings (SSSR count). The Bertz CT molecular complexity index is 1290. The van der Waals surface area contributed by atoms with Gasteiger partial charge in [-0.2, -0.15) is 5.10 Å². The number of carbonyl (C=O) groups excluding carboxylic acids is 1. The van der Waals surface area contributed by atoms with Crippen LogP contribution in [0.15, 0.2) is 36.8 Å². The molecule has 11 heteroatoms. The average molecular weight is 549 g/mol. The molecule has 8 nitrogen and oxygen atoms in total. The first-order chi connectivity index (χ1) is 17.5. The predicted molar refractivity (Wildman–Crippen MR) is 143 cm³/mol. The van der Waals surface area contributed by atoms with E-state index < -0.39 is 17.5 Å². The highest BCUT2D eigenvalue weighted by Crippen LogP contribution is 2.37. The molecule has 1 atom stereocenters. The molecule has 1 aromatic carbocycles. The minimum Gasteiger partial charge on any atom is -0.482 e. The second kappa shape index (κ2) is 10.8. The van der Waals surface area contributed by atoms with Gasteiger partial charge < -0.3 is 15.8 Å². The smallest absolute Gasteiger partial charge is 0.239 e. The third-order valence-corrected chi connectivity index (χ3v) is 7.73. The van der Waals surface area contributed by atoms with Crippen molar-refractivity contribution in [1.29, 1.82) is 0 Å². The van der Waals surface area contributed by atoms with Crippen molar-refractivity contribution < 1.29 is 13.9 Å². The zero-order valence-electron chi connectivity index (χ0n) is 21.3. The number of piperidine rings is 1. The van der Waals surface area contributed by atoms with Gasteiger partial charge in [0.05, 0.1) is 22.8 Å². The van der Waals surface area contributed by atoms with Crippen molar-refractivity contribution >= 4 is 34.9 Å². The molecule has 0 aliphatic carbocycles. The van der Waals surface area contributed by atoms with Crippen LogP contribution in [-0.2, 0) is 4.79 Å². The Labute approximate surface area is 225 Å². The summed E-state index contributed by atoms with van der Waals surface area (Å²) in [7, 11) is 1.66. The lowest BCUT2D eigenvalue weighted by atomic mass is 9.95. The minimum atomic E-state index is -0.665. The van der Waals surface area contributed by atoms with Crippen molar-refractivity contribution in [2.24, 2.45) is 0 Å². The van der Waals surface area contributed by atoms with Gasteiger partial charge in [-0.3, -0.25) is 14.4 Å². The Morgan fingerprint density at radius 3 is 2.62 bits per heavy atom. The van der Waals surface area contributed by atoms with Crippen LogP contribution in [0.4, 0.5) is 10.2 Å². The zero-order valence-corrected chi connectivity index (χ0v) is 22.8. The maximum absolute atomic E-state index is 14.0. The maximum Gasteiger partial charge on any atom is 0.239 e. The summed E-state index contributed by atoms with van der Waals surface area (Å²) >= 11 is 12.4. The van der Waals surface area contributed by atoms with Gasteiger partial charge in [0.1, 0.15) is 11.9 Å². The predicted octanol–water partition coefficient (Wildman–Crippen LogP) is 5.27. The molecule has 0 bridgehead atoms. The molecule has 3 aromatic rings. The monoisotopic (exact) mass is 548 g/mol. The number of likely N-dealkylation sites (tertiary alicyclic amines) is 1. The van der Waals surface area contributed by atoms with E-state index in [9.17, 15) is 9.18 Å².